The van der Waals surface area contributed by atoms with Crippen molar-refractivity contribution < 1.29 is 0 Å². The van der Waals surface area contributed by atoms with Crippen molar-refractivity contribution in [2.45, 2.75) is 64.5 Å². The first-order valence-corrected chi connectivity index (χ1v) is 6.20. The molecule has 0 amide bonds. The Morgan fingerprint density at radius 2 is 1.93 bits per heavy atom. The van der Waals surface area contributed by atoms with Crippen LogP contribution in [0.4, 0.5) is 0 Å². The Morgan fingerprint density at radius 3 is 2.36 bits per heavy atom. The molecular weight excluding hydrogens is 172 g/mol. The fraction of sp³-hybridized carbons (Fsp3) is 1.00. The van der Waals surface area contributed by atoms with Crippen molar-refractivity contribution in [1.82, 2.24) is 4.90 Å². The maximum absolute atomic E-state index is 5.98. The van der Waals surface area contributed by atoms with Crippen LogP contribution in [0.5, 0.6) is 0 Å². The fourth-order valence-corrected chi connectivity index (χ4v) is 2.95. The van der Waals surface area contributed by atoms with Gasteiger partial charge in [0.05, 0.1) is 0 Å². The zero-order chi connectivity index (χ0) is 10.6. The molecule has 1 fully saturated rings. The SMILES string of the molecule is CCC1CCCN1C(CC)(CC)CN. The molecule has 0 spiro atoms. The van der Waals surface area contributed by atoms with Gasteiger partial charge in [0.25, 0.3) is 0 Å². The second-order valence-electron chi connectivity index (χ2n) is 4.53. The summed E-state index contributed by atoms with van der Waals surface area (Å²) in [5, 5.41) is 0. The lowest BCUT2D eigenvalue weighted by atomic mass is 9.89. The molecule has 1 unspecified atom stereocenters. The van der Waals surface area contributed by atoms with Crippen LogP contribution >= 0.6 is 0 Å². The molecule has 0 bridgehead atoms. The Labute approximate surface area is 88.8 Å². The molecule has 84 valence electrons. The first kappa shape index (κ1) is 12.0. The number of hydrogen-bond acceptors (Lipinski definition) is 2. The summed E-state index contributed by atoms with van der Waals surface area (Å²) in [7, 11) is 0. The molecule has 1 aliphatic rings. The molecule has 2 nitrogen and oxygen atoms in total. The van der Waals surface area contributed by atoms with Crippen molar-refractivity contribution in [3.63, 3.8) is 0 Å². The van der Waals surface area contributed by atoms with Crippen LogP contribution < -0.4 is 5.73 Å². The van der Waals surface area contributed by atoms with Gasteiger partial charge in [0.15, 0.2) is 0 Å². The normalized spacial score (nSPS) is 24.4. The highest BCUT2D eigenvalue weighted by molar-refractivity contribution is 4.95. The van der Waals surface area contributed by atoms with Crippen molar-refractivity contribution in [3.8, 4) is 0 Å². The summed E-state index contributed by atoms with van der Waals surface area (Å²) in [5.74, 6) is 0. The van der Waals surface area contributed by atoms with Crippen molar-refractivity contribution in [1.29, 1.82) is 0 Å². The lowest BCUT2D eigenvalue weighted by molar-refractivity contribution is 0.0701. The minimum Gasteiger partial charge on any atom is -0.329 e. The molecule has 0 aliphatic carbocycles. The average Bonchev–Trinajstić information content (AvgIpc) is 2.70. The molecule has 1 atom stereocenters. The van der Waals surface area contributed by atoms with Crippen LogP contribution in [0, 0.1) is 0 Å². The maximum atomic E-state index is 5.98. The smallest absolute Gasteiger partial charge is 0.0329 e. The summed E-state index contributed by atoms with van der Waals surface area (Å²) in [6, 6.07) is 0.790. The van der Waals surface area contributed by atoms with E-state index in [1.165, 1.54) is 38.6 Å². The van der Waals surface area contributed by atoms with Crippen molar-refractivity contribution in [3.05, 3.63) is 0 Å². The summed E-state index contributed by atoms with van der Waals surface area (Å²) < 4.78 is 0. The zero-order valence-corrected chi connectivity index (χ0v) is 10.1. The van der Waals surface area contributed by atoms with Gasteiger partial charge in [0, 0.05) is 18.1 Å². The summed E-state index contributed by atoms with van der Waals surface area (Å²) in [5.41, 5.74) is 6.27. The van der Waals surface area contributed by atoms with Crippen LogP contribution in [-0.4, -0.2) is 29.6 Å². The lowest BCUT2D eigenvalue weighted by Gasteiger charge is -2.43. The first-order chi connectivity index (χ1) is 6.74. The minimum absolute atomic E-state index is 0.289. The van der Waals surface area contributed by atoms with Crippen LogP contribution in [0.1, 0.15) is 52.9 Å². The van der Waals surface area contributed by atoms with E-state index >= 15 is 0 Å². The third-order valence-corrected chi connectivity index (χ3v) is 4.15. The highest BCUT2D eigenvalue weighted by atomic mass is 15.2. The van der Waals surface area contributed by atoms with E-state index < -0.39 is 0 Å². The third kappa shape index (κ3) is 1.96. The van der Waals surface area contributed by atoms with E-state index in [1.807, 2.05) is 0 Å². The topological polar surface area (TPSA) is 29.3 Å². The lowest BCUT2D eigenvalue weighted by Crippen LogP contribution is -2.54. The molecule has 14 heavy (non-hydrogen) atoms. The van der Waals surface area contributed by atoms with Crippen LogP contribution in [-0.2, 0) is 0 Å². The number of likely N-dealkylation sites (tertiary alicyclic amines) is 1. The van der Waals surface area contributed by atoms with E-state index in [0.29, 0.717) is 0 Å². The van der Waals surface area contributed by atoms with Crippen molar-refractivity contribution in [2.24, 2.45) is 5.73 Å². The van der Waals surface area contributed by atoms with E-state index in [9.17, 15) is 0 Å². The van der Waals surface area contributed by atoms with Gasteiger partial charge in [-0.1, -0.05) is 20.8 Å². The van der Waals surface area contributed by atoms with Crippen molar-refractivity contribution >= 4 is 0 Å². The van der Waals surface area contributed by atoms with Crippen molar-refractivity contribution in [2.75, 3.05) is 13.1 Å². The van der Waals surface area contributed by atoms with Crippen LogP contribution in [0.25, 0.3) is 0 Å². The van der Waals surface area contributed by atoms with Gasteiger partial charge >= 0.3 is 0 Å². The Hall–Kier alpha value is -0.0800. The Balaban J connectivity index is 2.76. The van der Waals surface area contributed by atoms with E-state index in [0.717, 1.165) is 12.6 Å². The second kappa shape index (κ2) is 5.13. The number of rotatable bonds is 5. The van der Waals surface area contributed by atoms with Gasteiger partial charge < -0.3 is 5.73 Å². The average molecular weight is 198 g/mol. The molecule has 0 aromatic carbocycles. The quantitative estimate of drug-likeness (QED) is 0.735. The molecule has 1 aliphatic heterocycles. The Morgan fingerprint density at radius 1 is 1.29 bits per heavy atom. The summed E-state index contributed by atoms with van der Waals surface area (Å²) >= 11 is 0. The highest BCUT2D eigenvalue weighted by Gasteiger charge is 2.38. The molecular formula is C12H26N2. The molecule has 0 aromatic heterocycles. The van der Waals surface area contributed by atoms with Gasteiger partial charge in [0.2, 0.25) is 0 Å². The van der Waals surface area contributed by atoms with Gasteiger partial charge in [-0.15, -0.1) is 0 Å². The Bertz CT molecular complexity index is 155. The van der Waals surface area contributed by atoms with E-state index in [1.54, 1.807) is 0 Å². The molecule has 0 aromatic rings. The largest absolute Gasteiger partial charge is 0.329 e. The number of nitrogens with two attached hydrogens (primary N) is 1. The van der Waals surface area contributed by atoms with Gasteiger partial charge in [-0.3, -0.25) is 4.90 Å². The minimum atomic E-state index is 0.289. The van der Waals surface area contributed by atoms with Crippen LogP contribution in [0.15, 0.2) is 0 Å². The number of nitrogens with zero attached hydrogens (tertiary/aromatic N) is 1. The molecule has 1 heterocycles. The van der Waals surface area contributed by atoms with Gasteiger partial charge in [-0.25, -0.2) is 0 Å². The molecule has 2 heteroatoms. The molecule has 1 rings (SSSR count). The molecule has 1 saturated heterocycles. The van der Waals surface area contributed by atoms with Gasteiger partial charge in [-0.2, -0.15) is 0 Å². The van der Waals surface area contributed by atoms with E-state index in [-0.39, 0.29) is 5.54 Å². The van der Waals surface area contributed by atoms with Crippen LogP contribution in [0.2, 0.25) is 0 Å². The second-order valence-corrected chi connectivity index (χ2v) is 4.53. The molecule has 0 saturated carbocycles. The monoisotopic (exact) mass is 198 g/mol. The van der Waals surface area contributed by atoms with E-state index in [4.69, 9.17) is 5.73 Å². The predicted molar refractivity (Wildman–Crippen MR) is 62.4 cm³/mol. The first-order valence-electron chi connectivity index (χ1n) is 6.20. The zero-order valence-electron chi connectivity index (χ0n) is 10.1. The Kier molecular flexibility index (Phi) is 4.39. The summed E-state index contributed by atoms with van der Waals surface area (Å²) in [6.45, 7) is 8.94. The summed E-state index contributed by atoms with van der Waals surface area (Å²) in [6.07, 6.45) is 6.40. The van der Waals surface area contributed by atoms with Crippen LogP contribution in [0.3, 0.4) is 0 Å². The summed E-state index contributed by atoms with van der Waals surface area (Å²) in [4.78, 5) is 2.69. The highest BCUT2D eigenvalue weighted by Crippen LogP contribution is 2.32. The molecule has 0 radical (unpaired) electrons. The van der Waals surface area contributed by atoms with Gasteiger partial charge in [-0.05, 0) is 38.6 Å². The standard InChI is InChI=1S/C12H26N2/c1-4-11-8-7-9-14(11)12(5-2,6-3)10-13/h11H,4-10,13H2,1-3H3. The predicted octanol–water partition coefficient (Wildman–Crippen LogP) is 2.38. The maximum Gasteiger partial charge on any atom is 0.0329 e. The van der Waals surface area contributed by atoms with Gasteiger partial charge in [0.1, 0.15) is 0 Å². The fourth-order valence-electron chi connectivity index (χ4n) is 2.95. The third-order valence-electron chi connectivity index (χ3n) is 4.15. The number of hydrogen-bond donors (Lipinski definition) is 1. The van der Waals surface area contributed by atoms with E-state index in [2.05, 4.69) is 25.7 Å². The molecule has 2 N–H and O–H groups in total.